The van der Waals surface area contributed by atoms with E-state index in [0.717, 1.165) is 0 Å². The lowest BCUT2D eigenvalue weighted by atomic mass is 10.2. The van der Waals surface area contributed by atoms with Crippen molar-refractivity contribution in [2.24, 2.45) is 0 Å². The predicted molar refractivity (Wildman–Crippen MR) is 76.6 cm³/mol. The van der Waals surface area contributed by atoms with Gasteiger partial charge in [0.25, 0.3) is 0 Å². The summed E-state index contributed by atoms with van der Waals surface area (Å²) < 4.78 is 5.22. The van der Waals surface area contributed by atoms with E-state index in [2.05, 4.69) is 15.2 Å². The molecule has 3 N–H and O–H groups in total. The highest BCUT2D eigenvalue weighted by molar-refractivity contribution is 7.99. The SMILES string of the molecule is Cc1nc(Sc2ccc(N)cc2C(=O)OC(C)C)n[nH]1. The van der Waals surface area contributed by atoms with Crippen molar-refractivity contribution in [2.75, 3.05) is 5.73 Å². The number of carbonyl (C=O) groups is 1. The molecule has 0 spiro atoms. The summed E-state index contributed by atoms with van der Waals surface area (Å²) in [6.07, 6.45) is -0.187. The summed E-state index contributed by atoms with van der Waals surface area (Å²) in [4.78, 5) is 17.0. The predicted octanol–water partition coefficient (Wildman–Crippen LogP) is 2.41. The van der Waals surface area contributed by atoms with Crippen molar-refractivity contribution in [1.82, 2.24) is 15.2 Å². The van der Waals surface area contributed by atoms with Crippen LogP contribution in [0.25, 0.3) is 0 Å². The molecule has 7 heteroatoms. The maximum absolute atomic E-state index is 12.1. The van der Waals surface area contributed by atoms with Crippen molar-refractivity contribution in [3.63, 3.8) is 0 Å². The fourth-order valence-corrected chi connectivity index (χ4v) is 2.40. The van der Waals surface area contributed by atoms with E-state index in [-0.39, 0.29) is 6.10 Å². The number of aryl methyl sites for hydroxylation is 1. The van der Waals surface area contributed by atoms with E-state index >= 15 is 0 Å². The zero-order valence-corrected chi connectivity index (χ0v) is 12.3. The number of aromatic amines is 1. The normalized spacial score (nSPS) is 10.8. The highest BCUT2D eigenvalue weighted by Gasteiger charge is 2.17. The standard InChI is InChI=1S/C13H16N4O2S/c1-7(2)19-12(18)10-6-9(14)4-5-11(10)20-13-15-8(3)16-17-13/h4-7H,14H2,1-3H3,(H,15,16,17). The summed E-state index contributed by atoms with van der Waals surface area (Å²) in [6, 6.07) is 5.10. The fraction of sp³-hybridized carbons (Fsp3) is 0.308. The van der Waals surface area contributed by atoms with Gasteiger partial charge in [-0.05, 0) is 50.7 Å². The van der Waals surface area contributed by atoms with Crippen LogP contribution in [-0.2, 0) is 4.74 Å². The van der Waals surface area contributed by atoms with Crippen molar-refractivity contribution in [2.45, 2.75) is 36.9 Å². The molecule has 0 saturated heterocycles. The van der Waals surface area contributed by atoms with Crippen LogP contribution < -0.4 is 5.73 Å². The maximum Gasteiger partial charge on any atom is 0.339 e. The number of anilines is 1. The summed E-state index contributed by atoms with van der Waals surface area (Å²) in [5.41, 5.74) is 6.67. The molecule has 6 nitrogen and oxygen atoms in total. The van der Waals surface area contributed by atoms with Gasteiger partial charge in [-0.2, -0.15) is 0 Å². The third-order valence-electron chi connectivity index (χ3n) is 2.34. The molecule has 0 aliphatic rings. The van der Waals surface area contributed by atoms with Crippen LogP contribution in [0.5, 0.6) is 0 Å². The van der Waals surface area contributed by atoms with Gasteiger partial charge in [-0.1, -0.05) is 0 Å². The largest absolute Gasteiger partial charge is 0.459 e. The first-order valence-electron chi connectivity index (χ1n) is 6.13. The lowest BCUT2D eigenvalue weighted by Gasteiger charge is -2.11. The summed E-state index contributed by atoms with van der Waals surface area (Å²) >= 11 is 1.29. The number of rotatable bonds is 4. The number of carbonyl (C=O) groups excluding carboxylic acids is 1. The van der Waals surface area contributed by atoms with E-state index in [1.807, 2.05) is 6.92 Å². The number of nitrogens with one attached hydrogen (secondary N) is 1. The number of H-pyrrole nitrogens is 1. The average molecular weight is 292 g/mol. The molecule has 0 saturated carbocycles. The number of benzene rings is 1. The summed E-state index contributed by atoms with van der Waals surface area (Å²) in [5, 5.41) is 7.34. The van der Waals surface area contributed by atoms with Crippen LogP contribution >= 0.6 is 11.8 Å². The Labute approximate surface area is 121 Å². The monoisotopic (exact) mass is 292 g/mol. The Hall–Kier alpha value is -2.02. The highest BCUT2D eigenvalue weighted by Crippen LogP contribution is 2.30. The van der Waals surface area contributed by atoms with Crippen LogP contribution in [-0.4, -0.2) is 27.3 Å². The Morgan fingerprint density at radius 1 is 1.45 bits per heavy atom. The van der Waals surface area contributed by atoms with Gasteiger partial charge in [-0.15, -0.1) is 5.10 Å². The van der Waals surface area contributed by atoms with E-state index in [9.17, 15) is 4.79 Å². The summed E-state index contributed by atoms with van der Waals surface area (Å²) in [6.45, 7) is 5.42. The van der Waals surface area contributed by atoms with Gasteiger partial charge in [0.15, 0.2) is 0 Å². The van der Waals surface area contributed by atoms with Gasteiger partial charge >= 0.3 is 5.97 Å². The molecule has 1 aromatic carbocycles. The Balaban J connectivity index is 2.30. The summed E-state index contributed by atoms with van der Waals surface area (Å²) in [7, 11) is 0. The smallest absolute Gasteiger partial charge is 0.339 e. The van der Waals surface area contributed by atoms with Gasteiger partial charge in [-0.3, -0.25) is 5.10 Å². The quantitative estimate of drug-likeness (QED) is 0.664. The lowest BCUT2D eigenvalue weighted by molar-refractivity contribution is 0.0374. The molecule has 0 amide bonds. The molecule has 2 aromatic rings. The fourth-order valence-electron chi connectivity index (χ4n) is 1.54. The Morgan fingerprint density at radius 2 is 2.20 bits per heavy atom. The molecule has 1 aromatic heterocycles. The van der Waals surface area contributed by atoms with Crippen LogP contribution in [0.4, 0.5) is 5.69 Å². The first-order chi connectivity index (χ1) is 9.45. The zero-order valence-electron chi connectivity index (χ0n) is 11.5. The lowest BCUT2D eigenvalue weighted by Crippen LogP contribution is -2.12. The van der Waals surface area contributed by atoms with Crippen LogP contribution in [0.15, 0.2) is 28.3 Å². The minimum Gasteiger partial charge on any atom is -0.459 e. The number of hydrogen-bond acceptors (Lipinski definition) is 6. The minimum atomic E-state index is -0.401. The molecule has 1 heterocycles. The van der Waals surface area contributed by atoms with Gasteiger partial charge in [0.05, 0.1) is 11.7 Å². The summed E-state index contributed by atoms with van der Waals surface area (Å²) in [5.74, 6) is 0.316. The van der Waals surface area contributed by atoms with E-state index in [0.29, 0.717) is 27.1 Å². The van der Waals surface area contributed by atoms with Crippen molar-refractivity contribution >= 4 is 23.4 Å². The molecule has 0 fully saturated rings. The zero-order chi connectivity index (χ0) is 14.7. The molecule has 106 valence electrons. The Kier molecular flexibility index (Phi) is 4.29. The van der Waals surface area contributed by atoms with Crippen LogP contribution in [0.3, 0.4) is 0 Å². The molecule has 0 bridgehead atoms. The first kappa shape index (κ1) is 14.4. The number of esters is 1. The molecular formula is C13H16N4O2S. The second kappa shape index (κ2) is 5.96. The molecular weight excluding hydrogens is 276 g/mol. The molecule has 0 aliphatic carbocycles. The maximum atomic E-state index is 12.1. The number of hydrogen-bond donors (Lipinski definition) is 2. The van der Waals surface area contributed by atoms with Crippen molar-refractivity contribution in [3.8, 4) is 0 Å². The number of nitrogen functional groups attached to an aromatic ring is 1. The van der Waals surface area contributed by atoms with Gasteiger partial charge in [-0.25, -0.2) is 9.78 Å². The van der Waals surface area contributed by atoms with Gasteiger partial charge in [0.2, 0.25) is 5.16 Å². The number of nitrogens with two attached hydrogens (primary N) is 1. The number of aromatic nitrogens is 3. The molecule has 2 rings (SSSR count). The van der Waals surface area contributed by atoms with E-state index in [4.69, 9.17) is 10.5 Å². The Bertz CT molecular complexity index is 625. The van der Waals surface area contributed by atoms with E-state index in [1.165, 1.54) is 11.8 Å². The van der Waals surface area contributed by atoms with Gasteiger partial charge < -0.3 is 10.5 Å². The van der Waals surface area contributed by atoms with Crippen molar-refractivity contribution < 1.29 is 9.53 Å². The molecule has 0 aliphatic heterocycles. The Morgan fingerprint density at radius 3 is 2.80 bits per heavy atom. The molecule has 0 radical (unpaired) electrons. The van der Waals surface area contributed by atoms with Gasteiger partial charge in [0, 0.05) is 10.6 Å². The molecule has 0 atom stereocenters. The number of nitrogens with zero attached hydrogens (tertiary/aromatic N) is 2. The van der Waals surface area contributed by atoms with Crippen LogP contribution in [0.1, 0.15) is 30.0 Å². The van der Waals surface area contributed by atoms with Crippen LogP contribution in [0, 0.1) is 6.92 Å². The van der Waals surface area contributed by atoms with E-state index in [1.54, 1.807) is 32.0 Å². The topological polar surface area (TPSA) is 93.9 Å². The average Bonchev–Trinajstić information content (AvgIpc) is 2.76. The second-order valence-electron chi connectivity index (χ2n) is 4.52. The third-order valence-corrected chi connectivity index (χ3v) is 3.29. The molecule has 0 unspecified atom stereocenters. The highest BCUT2D eigenvalue weighted by atomic mass is 32.2. The second-order valence-corrected chi connectivity index (χ2v) is 5.52. The minimum absolute atomic E-state index is 0.187. The first-order valence-corrected chi connectivity index (χ1v) is 6.94. The van der Waals surface area contributed by atoms with E-state index < -0.39 is 5.97 Å². The van der Waals surface area contributed by atoms with Crippen molar-refractivity contribution in [1.29, 1.82) is 0 Å². The molecule has 20 heavy (non-hydrogen) atoms. The van der Waals surface area contributed by atoms with Gasteiger partial charge in [0.1, 0.15) is 5.82 Å². The van der Waals surface area contributed by atoms with Crippen molar-refractivity contribution in [3.05, 3.63) is 29.6 Å². The third kappa shape index (κ3) is 3.51. The number of ether oxygens (including phenoxy) is 1. The van der Waals surface area contributed by atoms with Crippen LogP contribution in [0.2, 0.25) is 0 Å².